The third-order valence-corrected chi connectivity index (χ3v) is 7.02. The van der Waals surface area contributed by atoms with Gasteiger partial charge in [-0.05, 0) is 62.2 Å². The maximum atomic E-state index is 13.5. The van der Waals surface area contributed by atoms with E-state index in [0.29, 0.717) is 6.42 Å². The van der Waals surface area contributed by atoms with Gasteiger partial charge in [0.1, 0.15) is 12.4 Å². The van der Waals surface area contributed by atoms with Crippen LogP contribution in [0.3, 0.4) is 0 Å². The number of hydrogen-bond donors (Lipinski definition) is 1. The Balaban J connectivity index is 1.89. The number of amides is 1. The molecule has 5 nitrogen and oxygen atoms in total. The Morgan fingerprint density at radius 3 is 1.97 bits per heavy atom. The van der Waals surface area contributed by atoms with Crippen molar-refractivity contribution in [3.8, 4) is 0 Å². The van der Waals surface area contributed by atoms with Crippen LogP contribution in [0.5, 0.6) is 0 Å². The molecule has 3 aromatic carbocycles. The predicted molar refractivity (Wildman–Crippen MR) is 124 cm³/mol. The zero-order chi connectivity index (χ0) is 23.3. The van der Waals surface area contributed by atoms with E-state index in [0.717, 1.165) is 21.0 Å². The van der Waals surface area contributed by atoms with Crippen LogP contribution in [0, 0.1) is 19.7 Å². The van der Waals surface area contributed by atoms with Crippen molar-refractivity contribution in [1.82, 2.24) is 5.32 Å². The standard InChI is InChI=1S/C25H27FN2O3S/c1-4-24(20-9-5-18(2)6-10-20)27-25(29)17-28(22-13-11-21(26)12-14-22)32(30,31)23-15-7-19(3)8-16-23/h5-16,24H,4,17H2,1-3H3,(H,27,29)/t24-/m1/s1. The number of halogens is 1. The summed E-state index contributed by atoms with van der Waals surface area (Å²) in [5.41, 5.74) is 3.19. The molecule has 0 aliphatic rings. The molecule has 1 atom stereocenters. The Bertz CT molecular complexity index is 1160. The molecule has 0 radical (unpaired) electrons. The second kappa shape index (κ2) is 9.96. The summed E-state index contributed by atoms with van der Waals surface area (Å²) in [6.45, 7) is 5.37. The minimum absolute atomic E-state index is 0.0609. The fraction of sp³-hybridized carbons (Fsp3) is 0.240. The van der Waals surface area contributed by atoms with Crippen LogP contribution in [0.1, 0.15) is 36.1 Å². The highest BCUT2D eigenvalue weighted by atomic mass is 32.2. The van der Waals surface area contributed by atoms with Crippen LogP contribution in [0.15, 0.2) is 77.7 Å². The maximum absolute atomic E-state index is 13.5. The maximum Gasteiger partial charge on any atom is 0.264 e. The van der Waals surface area contributed by atoms with Crippen LogP contribution in [0.25, 0.3) is 0 Å². The number of anilines is 1. The smallest absolute Gasteiger partial charge is 0.264 e. The highest BCUT2D eigenvalue weighted by Crippen LogP contribution is 2.25. The Kier molecular flexibility index (Phi) is 7.30. The topological polar surface area (TPSA) is 66.5 Å². The first-order chi connectivity index (χ1) is 15.2. The molecule has 168 valence electrons. The van der Waals surface area contributed by atoms with Gasteiger partial charge in [-0.2, -0.15) is 0 Å². The Hall–Kier alpha value is -3.19. The molecule has 0 spiro atoms. The SMILES string of the molecule is CC[C@@H](NC(=O)CN(c1ccc(F)cc1)S(=O)(=O)c1ccc(C)cc1)c1ccc(C)cc1. The van der Waals surface area contributed by atoms with E-state index in [-0.39, 0.29) is 16.6 Å². The number of rotatable bonds is 8. The lowest BCUT2D eigenvalue weighted by Crippen LogP contribution is -2.42. The number of nitrogens with one attached hydrogen (secondary N) is 1. The van der Waals surface area contributed by atoms with Crippen LogP contribution < -0.4 is 9.62 Å². The number of carbonyl (C=O) groups excluding carboxylic acids is 1. The zero-order valence-corrected chi connectivity index (χ0v) is 19.2. The van der Waals surface area contributed by atoms with Crippen molar-refractivity contribution < 1.29 is 17.6 Å². The first-order valence-corrected chi connectivity index (χ1v) is 11.9. The highest BCUT2D eigenvalue weighted by molar-refractivity contribution is 7.92. The van der Waals surface area contributed by atoms with E-state index in [9.17, 15) is 17.6 Å². The van der Waals surface area contributed by atoms with E-state index < -0.39 is 28.3 Å². The second-order valence-corrected chi connectivity index (χ2v) is 9.60. The molecule has 0 saturated heterocycles. The lowest BCUT2D eigenvalue weighted by molar-refractivity contribution is -0.120. The summed E-state index contributed by atoms with van der Waals surface area (Å²) in [4.78, 5) is 13.0. The van der Waals surface area contributed by atoms with Crippen molar-refractivity contribution >= 4 is 21.6 Å². The normalized spacial score (nSPS) is 12.2. The average molecular weight is 455 g/mol. The van der Waals surface area contributed by atoms with Gasteiger partial charge in [0.15, 0.2) is 0 Å². The summed E-state index contributed by atoms with van der Waals surface area (Å²) >= 11 is 0. The van der Waals surface area contributed by atoms with Crippen molar-refractivity contribution in [2.75, 3.05) is 10.8 Å². The summed E-state index contributed by atoms with van der Waals surface area (Å²) in [7, 11) is -4.04. The Morgan fingerprint density at radius 1 is 0.906 bits per heavy atom. The van der Waals surface area contributed by atoms with Gasteiger partial charge in [-0.1, -0.05) is 54.4 Å². The van der Waals surface area contributed by atoms with Crippen molar-refractivity contribution in [1.29, 1.82) is 0 Å². The fourth-order valence-electron chi connectivity index (χ4n) is 3.35. The molecule has 0 aliphatic carbocycles. The molecule has 3 aromatic rings. The van der Waals surface area contributed by atoms with Crippen LogP contribution in [0.2, 0.25) is 0 Å². The molecule has 0 fully saturated rings. The molecule has 7 heteroatoms. The van der Waals surface area contributed by atoms with E-state index in [1.807, 2.05) is 45.0 Å². The van der Waals surface area contributed by atoms with E-state index in [2.05, 4.69) is 5.32 Å². The van der Waals surface area contributed by atoms with Crippen LogP contribution in [0.4, 0.5) is 10.1 Å². The summed E-state index contributed by atoms with van der Waals surface area (Å²) in [5, 5.41) is 2.93. The van der Waals surface area contributed by atoms with E-state index in [4.69, 9.17) is 0 Å². The lowest BCUT2D eigenvalue weighted by atomic mass is 10.0. The van der Waals surface area contributed by atoms with Gasteiger partial charge in [0.2, 0.25) is 5.91 Å². The van der Waals surface area contributed by atoms with Crippen LogP contribution in [-0.4, -0.2) is 20.9 Å². The zero-order valence-electron chi connectivity index (χ0n) is 18.4. The summed E-state index contributed by atoms with van der Waals surface area (Å²) < 4.78 is 41.2. The number of sulfonamides is 1. The Labute approximate surface area is 188 Å². The van der Waals surface area contributed by atoms with Gasteiger partial charge in [-0.15, -0.1) is 0 Å². The number of benzene rings is 3. The first kappa shape index (κ1) is 23.5. The molecule has 1 N–H and O–H groups in total. The summed E-state index contributed by atoms with van der Waals surface area (Å²) in [6, 6.07) is 19.0. The third-order valence-electron chi connectivity index (χ3n) is 5.23. The minimum Gasteiger partial charge on any atom is -0.348 e. The van der Waals surface area contributed by atoms with Gasteiger partial charge in [0.05, 0.1) is 16.6 Å². The molecule has 0 unspecified atom stereocenters. The molecule has 0 saturated carbocycles. The van der Waals surface area contributed by atoms with Gasteiger partial charge in [0.25, 0.3) is 10.0 Å². The molecule has 0 heterocycles. The van der Waals surface area contributed by atoms with Gasteiger partial charge >= 0.3 is 0 Å². The molecular formula is C25H27FN2O3S. The molecule has 0 aromatic heterocycles. The molecule has 32 heavy (non-hydrogen) atoms. The third kappa shape index (κ3) is 5.53. The van der Waals surface area contributed by atoms with Crippen molar-refractivity contribution in [3.63, 3.8) is 0 Å². The van der Waals surface area contributed by atoms with Crippen LogP contribution in [-0.2, 0) is 14.8 Å². The Morgan fingerprint density at radius 2 is 1.44 bits per heavy atom. The number of hydrogen-bond acceptors (Lipinski definition) is 3. The largest absolute Gasteiger partial charge is 0.348 e. The number of aryl methyl sites for hydroxylation is 2. The van der Waals surface area contributed by atoms with Crippen molar-refractivity contribution in [2.24, 2.45) is 0 Å². The van der Waals surface area contributed by atoms with Gasteiger partial charge in [-0.3, -0.25) is 9.10 Å². The quantitative estimate of drug-likeness (QED) is 0.526. The summed E-state index contributed by atoms with van der Waals surface area (Å²) in [5.74, 6) is -0.936. The van der Waals surface area contributed by atoms with E-state index in [1.54, 1.807) is 12.1 Å². The monoisotopic (exact) mass is 454 g/mol. The number of nitrogens with zero attached hydrogens (tertiary/aromatic N) is 1. The van der Waals surface area contributed by atoms with Gasteiger partial charge in [-0.25, -0.2) is 12.8 Å². The fourth-order valence-corrected chi connectivity index (χ4v) is 4.77. The summed E-state index contributed by atoms with van der Waals surface area (Å²) in [6.07, 6.45) is 0.649. The number of carbonyl (C=O) groups is 1. The van der Waals surface area contributed by atoms with E-state index in [1.165, 1.54) is 36.4 Å². The van der Waals surface area contributed by atoms with Gasteiger partial charge in [0, 0.05) is 0 Å². The first-order valence-electron chi connectivity index (χ1n) is 10.4. The van der Waals surface area contributed by atoms with Crippen LogP contribution >= 0.6 is 0 Å². The minimum atomic E-state index is -4.04. The molecule has 0 bridgehead atoms. The van der Waals surface area contributed by atoms with Crippen molar-refractivity contribution in [3.05, 3.63) is 95.3 Å². The molecule has 3 rings (SSSR count). The highest BCUT2D eigenvalue weighted by Gasteiger charge is 2.28. The molecule has 0 aliphatic heterocycles. The van der Waals surface area contributed by atoms with E-state index >= 15 is 0 Å². The molecule has 1 amide bonds. The van der Waals surface area contributed by atoms with Gasteiger partial charge < -0.3 is 5.32 Å². The lowest BCUT2D eigenvalue weighted by Gasteiger charge is -2.26. The molecular weight excluding hydrogens is 427 g/mol. The van der Waals surface area contributed by atoms with Crippen molar-refractivity contribution in [2.45, 2.75) is 38.1 Å². The second-order valence-electron chi connectivity index (χ2n) is 7.74. The average Bonchev–Trinajstić information content (AvgIpc) is 2.77. The predicted octanol–water partition coefficient (Wildman–Crippen LogP) is 4.91.